The van der Waals surface area contributed by atoms with Crippen molar-refractivity contribution in [2.45, 2.75) is 51.7 Å². The van der Waals surface area contributed by atoms with Crippen LogP contribution in [0.1, 0.15) is 45.1 Å². The molecule has 4 nitrogen and oxygen atoms in total. The van der Waals surface area contributed by atoms with Gasteiger partial charge >= 0.3 is 0 Å². The van der Waals surface area contributed by atoms with E-state index in [-0.39, 0.29) is 24.4 Å². The van der Waals surface area contributed by atoms with E-state index < -0.39 is 6.10 Å². The van der Waals surface area contributed by atoms with Crippen LogP contribution in [0.5, 0.6) is 5.75 Å². The van der Waals surface area contributed by atoms with Crippen LogP contribution >= 0.6 is 12.4 Å². The van der Waals surface area contributed by atoms with E-state index in [0.717, 1.165) is 31.7 Å². The van der Waals surface area contributed by atoms with Gasteiger partial charge in [-0.05, 0) is 49.9 Å². The maximum atomic E-state index is 12.2. The number of benzene rings is 1. The average Bonchev–Trinajstić information content (AvgIpc) is 2.48. The first kappa shape index (κ1) is 18.8. The van der Waals surface area contributed by atoms with Crippen LogP contribution < -0.4 is 15.4 Å². The highest BCUT2D eigenvalue weighted by Crippen LogP contribution is 2.21. The first-order valence-electron chi connectivity index (χ1n) is 7.84. The molecule has 2 atom stereocenters. The highest BCUT2D eigenvalue weighted by atomic mass is 35.5. The first-order chi connectivity index (χ1) is 10.1. The van der Waals surface area contributed by atoms with Crippen molar-refractivity contribution in [3.05, 3.63) is 29.8 Å². The molecule has 0 bridgehead atoms. The van der Waals surface area contributed by atoms with Gasteiger partial charge in [-0.1, -0.05) is 26.0 Å². The Labute approximate surface area is 139 Å². The van der Waals surface area contributed by atoms with Crippen LogP contribution in [-0.2, 0) is 4.79 Å². The molecule has 1 unspecified atom stereocenters. The summed E-state index contributed by atoms with van der Waals surface area (Å²) in [6, 6.07) is 8.18. The number of rotatable bonds is 5. The second kappa shape index (κ2) is 9.01. The molecule has 22 heavy (non-hydrogen) atoms. The maximum absolute atomic E-state index is 12.2. The van der Waals surface area contributed by atoms with E-state index in [1.807, 2.05) is 18.2 Å². The predicted molar refractivity (Wildman–Crippen MR) is 91.9 cm³/mol. The Balaban J connectivity index is 0.00000242. The molecule has 2 N–H and O–H groups in total. The van der Waals surface area contributed by atoms with E-state index in [1.54, 1.807) is 6.92 Å². The van der Waals surface area contributed by atoms with Crippen molar-refractivity contribution in [3.63, 3.8) is 0 Å². The van der Waals surface area contributed by atoms with Crippen molar-refractivity contribution in [2.24, 2.45) is 0 Å². The Kier molecular flexibility index (Phi) is 7.69. The van der Waals surface area contributed by atoms with Gasteiger partial charge < -0.3 is 15.4 Å². The third-order valence-electron chi connectivity index (χ3n) is 3.85. The molecule has 5 heteroatoms. The molecule has 2 rings (SSSR count). The number of halogens is 1. The summed E-state index contributed by atoms with van der Waals surface area (Å²) in [4.78, 5) is 12.2. The van der Waals surface area contributed by atoms with Gasteiger partial charge in [0, 0.05) is 12.6 Å². The predicted octanol–water partition coefficient (Wildman–Crippen LogP) is 2.87. The summed E-state index contributed by atoms with van der Waals surface area (Å²) in [7, 11) is 0. The Morgan fingerprint density at radius 1 is 1.36 bits per heavy atom. The lowest BCUT2D eigenvalue weighted by Gasteiger charge is -2.25. The quantitative estimate of drug-likeness (QED) is 0.874. The highest BCUT2D eigenvalue weighted by molar-refractivity contribution is 5.85. The Hall–Kier alpha value is -1.26. The van der Waals surface area contributed by atoms with Gasteiger partial charge in [0.05, 0.1) is 0 Å². The van der Waals surface area contributed by atoms with Crippen LogP contribution in [0.2, 0.25) is 0 Å². The summed E-state index contributed by atoms with van der Waals surface area (Å²) in [5.41, 5.74) is 1.22. The van der Waals surface area contributed by atoms with Gasteiger partial charge in [-0.15, -0.1) is 12.4 Å². The highest BCUT2D eigenvalue weighted by Gasteiger charge is 2.20. The smallest absolute Gasteiger partial charge is 0.261 e. The van der Waals surface area contributed by atoms with E-state index in [2.05, 4.69) is 30.5 Å². The molecular formula is C17H27ClN2O2. The number of piperidine rings is 1. The maximum Gasteiger partial charge on any atom is 0.261 e. The Morgan fingerprint density at radius 3 is 2.77 bits per heavy atom. The Morgan fingerprint density at radius 2 is 2.14 bits per heavy atom. The first-order valence-corrected chi connectivity index (χ1v) is 7.84. The van der Waals surface area contributed by atoms with Crippen LogP contribution in [0, 0.1) is 0 Å². The molecule has 124 valence electrons. The molecule has 1 fully saturated rings. The van der Waals surface area contributed by atoms with E-state index in [4.69, 9.17) is 4.74 Å². The molecule has 1 aromatic rings. The van der Waals surface area contributed by atoms with E-state index in [9.17, 15) is 4.79 Å². The van der Waals surface area contributed by atoms with Crippen molar-refractivity contribution >= 4 is 18.3 Å². The zero-order valence-electron chi connectivity index (χ0n) is 13.6. The van der Waals surface area contributed by atoms with Crippen LogP contribution in [0.25, 0.3) is 0 Å². The van der Waals surface area contributed by atoms with Crippen molar-refractivity contribution < 1.29 is 9.53 Å². The van der Waals surface area contributed by atoms with Gasteiger partial charge in [0.15, 0.2) is 6.10 Å². The van der Waals surface area contributed by atoms with Crippen LogP contribution in [0.3, 0.4) is 0 Å². The number of hydrogen-bond donors (Lipinski definition) is 2. The molecule has 1 heterocycles. The number of amides is 1. The number of carbonyl (C=O) groups excluding carboxylic acids is 1. The minimum absolute atomic E-state index is 0. The molecule has 0 aliphatic carbocycles. The third kappa shape index (κ3) is 5.50. The molecule has 0 aromatic heterocycles. The molecule has 1 amide bonds. The standard InChI is InChI=1S/C17H26N2O2.ClH/c1-12(2)14-6-4-8-16(10-14)21-13(3)17(20)19-15-7-5-9-18-11-15;/h4,6,8,10,12-13,15,18H,5,7,9,11H2,1-3H3,(H,19,20);1H/t13?,15-;/m0./s1. The fourth-order valence-electron chi connectivity index (χ4n) is 2.50. The Bertz CT molecular complexity index is 473. The molecule has 0 spiro atoms. The number of nitrogens with one attached hydrogen (secondary N) is 2. The van der Waals surface area contributed by atoms with Crippen LogP contribution in [0.4, 0.5) is 0 Å². The average molecular weight is 327 g/mol. The van der Waals surface area contributed by atoms with Crippen molar-refractivity contribution in [2.75, 3.05) is 13.1 Å². The molecule has 0 radical (unpaired) electrons. The van der Waals surface area contributed by atoms with Gasteiger partial charge in [-0.3, -0.25) is 4.79 Å². The van der Waals surface area contributed by atoms with Crippen molar-refractivity contribution in [3.8, 4) is 5.75 Å². The zero-order chi connectivity index (χ0) is 15.2. The topological polar surface area (TPSA) is 50.4 Å². The summed E-state index contributed by atoms with van der Waals surface area (Å²) < 4.78 is 5.78. The minimum atomic E-state index is -0.477. The number of hydrogen-bond acceptors (Lipinski definition) is 3. The summed E-state index contributed by atoms with van der Waals surface area (Å²) in [6.07, 6.45) is 1.67. The fourth-order valence-corrected chi connectivity index (χ4v) is 2.50. The van der Waals surface area contributed by atoms with Crippen molar-refractivity contribution in [1.82, 2.24) is 10.6 Å². The minimum Gasteiger partial charge on any atom is -0.481 e. The van der Waals surface area contributed by atoms with Crippen molar-refractivity contribution in [1.29, 1.82) is 0 Å². The molecule has 1 aromatic carbocycles. The molecule has 0 saturated carbocycles. The summed E-state index contributed by atoms with van der Waals surface area (Å²) in [6.45, 7) is 7.98. The van der Waals surface area contributed by atoms with Gasteiger partial charge in [0.1, 0.15) is 5.75 Å². The van der Waals surface area contributed by atoms with Gasteiger partial charge in [0.2, 0.25) is 0 Å². The van der Waals surface area contributed by atoms with Gasteiger partial charge in [-0.25, -0.2) is 0 Å². The molecular weight excluding hydrogens is 300 g/mol. The second-order valence-corrected chi connectivity index (χ2v) is 6.04. The molecule has 1 saturated heterocycles. The van der Waals surface area contributed by atoms with Crippen LogP contribution in [-0.4, -0.2) is 31.1 Å². The molecule has 1 aliphatic heterocycles. The summed E-state index contributed by atoms with van der Waals surface area (Å²) >= 11 is 0. The lowest BCUT2D eigenvalue weighted by molar-refractivity contribution is -0.128. The fraction of sp³-hybridized carbons (Fsp3) is 0.588. The van der Waals surface area contributed by atoms with Gasteiger partial charge in [0.25, 0.3) is 5.91 Å². The number of ether oxygens (including phenoxy) is 1. The van der Waals surface area contributed by atoms with E-state index >= 15 is 0 Å². The third-order valence-corrected chi connectivity index (χ3v) is 3.85. The number of carbonyl (C=O) groups is 1. The molecule has 1 aliphatic rings. The van der Waals surface area contributed by atoms with E-state index in [1.165, 1.54) is 5.56 Å². The van der Waals surface area contributed by atoms with Crippen LogP contribution in [0.15, 0.2) is 24.3 Å². The van der Waals surface area contributed by atoms with E-state index in [0.29, 0.717) is 5.92 Å². The monoisotopic (exact) mass is 326 g/mol. The summed E-state index contributed by atoms with van der Waals surface area (Å²) in [5.74, 6) is 1.16. The normalized spacial score (nSPS) is 19.2. The SMILES string of the molecule is CC(Oc1cccc(C(C)C)c1)C(=O)N[C@H]1CCCNC1.Cl. The lowest BCUT2D eigenvalue weighted by Crippen LogP contribution is -2.49. The largest absolute Gasteiger partial charge is 0.481 e. The zero-order valence-corrected chi connectivity index (χ0v) is 14.4. The second-order valence-electron chi connectivity index (χ2n) is 6.04. The summed E-state index contributed by atoms with van der Waals surface area (Å²) in [5, 5.41) is 6.34. The lowest BCUT2D eigenvalue weighted by atomic mass is 10.0. The van der Waals surface area contributed by atoms with Gasteiger partial charge in [-0.2, -0.15) is 0 Å².